The molecule has 5 nitrogen and oxygen atoms in total. The van der Waals surface area contributed by atoms with Crippen LogP contribution in [-0.4, -0.2) is 49.1 Å². The van der Waals surface area contributed by atoms with Gasteiger partial charge < -0.3 is 20.9 Å². The lowest BCUT2D eigenvalue weighted by atomic mass is 9.98. The molecule has 4 N–H and O–H groups in total. The normalized spacial score (nSPS) is 39.3. The second kappa shape index (κ2) is 4.10. The number of nitrogens with two attached hydrogens (primary N) is 2. The van der Waals surface area contributed by atoms with Crippen molar-refractivity contribution in [3.05, 3.63) is 23.9 Å². The van der Waals surface area contributed by atoms with Crippen molar-refractivity contribution in [3.8, 4) is 0 Å². The van der Waals surface area contributed by atoms with Gasteiger partial charge in [0.1, 0.15) is 0 Å². The third-order valence-corrected chi connectivity index (χ3v) is 3.47. The SMILES string of the molecule is NC1=CCC(N)(N(CC2CO2)CC2CO2)C=C1. The van der Waals surface area contributed by atoms with E-state index in [0.717, 1.165) is 38.4 Å². The zero-order valence-electron chi connectivity index (χ0n) is 9.84. The van der Waals surface area contributed by atoms with Gasteiger partial charge in [-0.3, -0.25) is 4.90 Å². The van der Waals surface area contributed by atoms with Crippen molar-refractivity contribution in [2.24, 2.45) is 11.5 Å². The molecule has 2 saturated heterocycles. The van der Waals surface area contributed by atoms with Crippen LogP contribution in [0.25, 0.3) is 0 Å². The summed E-state index contributed by atoms with van der Waals surface area (Å²) < 4.78 is 10.6. The van der Waals surface area contributed by atoms with Crippen molar-refractivity contribution in [1.29, 1.82) is 0 Å². The highest BCUT2D eigenvalue weighted by molar-refractivity contribution is 5.26. The van der Waals surface area contributed by atoms with Gasteiger partial charge in [0.15, 0.2) is 0 Å². The minimum absolute atomic E-state index is 0.339. The van der Waals surface area contributed by atoms with Gasteiger partial charge in [-0.2, -0.15) is 0 Å². The average Bonchev–Trinajstić information content (AvgIpc) is 3.16. The fourth-order valence-corrected chi connectivity index (χ4v) is 2.15. The molecule has 0 aromatic heterocycles. The van der Waals surface area contributed by atoms with E-state index in [1.807, 2.05) is 18.2 Å². The van der Waals surface area contributed by atoms with Crippen molar-refractivity contribution in [2.45, 2.75) is 24.3 Å². The summed E-state index contributed by atoms with van der Waals surface area (Å²) in [6.07, 6.45) is 7.28. The van der Waals surface area contributed by atoms with Gasteiger partial charge in [0.05, 0.1) is 31.1 Å². The van der Waals surface area contributed by atoms with Crippen molar-refractivity contribution in [3.63, 3.8) is 0 Å². The van der Waals surface area contributed by atoms with Gasteiger partial charge in [-0.1, -0.05) is 6.08 Å². The Kier molecular flexibility index (Phi) is 2.71. The average molecular weight is 237 g/mol. The molecule has 3 aliphatic rings. The van der Waals surface area contributed by atoms with Crippen LogP contribution in [0.3, 0.4) is 0 Å². The van der Waals surface area contributed by atoms with E-state index < -0.39 is 5.66 Å². The number of ether oxygens (including phenoxy) is 2. The lowest BCUT2D eigenvalue weighted by molar-refractivity contribution is 0.112. The van der Waals surface area contributed by atoms with Crippen LogP contribution in [-0.2, 0) is 9.47 Å². The number of rotatable bonds is 5. The summed E-state index contributed by atoms with van der Waals surface area (Å²) >= 11 is 0. The van der Waals surface area contributed by atoms with Crippen molar-refractivity contribution >= 4 is 0 Å². The fourth-order valence-electron chi connectivity index (χ4n) is 2.15. The van der Waals surface area contributed by atoms with E-state index in [-0.39, 0.29) is 0 Å². The van der Waals surface area contributed by atoms with Crippen LogP contribution < -0.4 is 11.5 Å². The van der Waals surface area contributed by atoms with Crippen molar-refractivity contribution in [2.75, 3.05) is 26.3 Å². The van der Waals surface area contributed by atoms with Gasteiger partial charge in [0, 0.05) is 25.2 Å². The summed E-state index contributed by atoms with van der Waals surface area (Å²) in [6, 6.07) is 0. The Hall–Kier alpha value is -0.880. The van der Waals surface area contributed by atoms with Crippen LogP contribution in [0, 0.1) is 0 Å². The van der Waals surface area contributed by atoms with Crippen molar-refractivity contribution in [1.82, 2.24) is 4.90 Å². The molecule has 0 saturated carbocycles. The number of epoxide rings is 2. The van der Waals surface area contributed by atoms with E-state index in [1.165, 1.54) is 0 Å². The predicted molar refractivity (Wildman–Crippen MR) is 64.0 cm³/mol. The largest absolute Gasteiger partial charge is 0.399 e. The first-order valence-corrected chi connectivity index (χ1v) is 6.08. The molecular weight excluding hydrogens is 218 g/mol. The molecule has 1 aliphatic carbocycles. The summed E-state index contributed by atoms with van der Waals surface area (Å²) in [6.45, 7) is 3.43. The lowest BCUT2D eigenvalue weighted by Gasteiger charge is -2.39. The van der Waals surface area contributed by atoms with Crippen LogP contribution in [0.5, 0.6) is 0 Å². The van der Waals surface area contributed by atoms with E-state index >= 15 is 0 Å². The highest BCUT2D eigenvalue weighted by Crippen LogP contribution is 2.26. The molecule has 94 valence electrons. The standard InChI is InChI=1S/C12H19N3O2/c13-9-1-3-12(14,4-2-9)15(5-10-7-16-10)6-11-8-17-11/h1-3,10-11H,4-8,13-14H2. The van der Waals surface area contributed by atoms with Gasteiger partial charge in [-0.25, -0.2) is 0 Å². The van der Waals surface area contributed by atoms with Gasteiger partial charge >= 0.3 is 0 Å². The summed E-state index contributed by atoms with van der Waals surface area (Å²) in [4.78, 5) is 2.25. The summed E-state index contributed by atoms with van der Waals surface area (Å²) in [5.41, 5.74) is 12.5. The molecule has 0 amide bonds. The second-order valence-corrected chi connectivity index (χ2v) is 5.05. The monoisotopic (exact) mass is 237 g/mol. The Labute approximate surface area is 101 Å². The Balaban J connectivity index is 1.69. The first-order chi connectivity index (χ1) is 8.16. The Bertz CT molecular complexity index is 347. The topological polar surface area (TPSA) is 80.3 Å². The second-order valence-electron chi connectivity index (χ2n) is 5.05. The van der Waals surface area contributed by atoms with Crippen LogP contribution in [0.15, 0.2) is 23.9 Å². The quantitative estimate of drug-likeness (QED) is 0.500. The fraction of sp³-hybridized carbons (Fsp3) is 0.667. The first kappa shape index (κ1) is 11.2. The molecule has 0 aromatic carbocycles. The number of allylic oxidation sites excluding steroid dienone is 1. The lowest BCUT2D eigenvalue weighted by Crippen LogP contribution is -2.57. The molecule has 17 heavy (non-hydrogen) atoms. The predicted octanol–water partition coefficient (Wildman–Crippen LogP) is -0.456. The number of hydrogen-bond acceptors (Lipinski definition) is 5. The van der Waals surface area contributed by atoms with Crippen LogP contribution >= 0.6 is 0 Å². The molecule has 2 fully saturated rings. The Morgan fingerprint density at radius 2 is 1.88 bits per heavy atom. The van der Waals surface area contributed by atoms with Gasteiger partial charge in [-0.15, -0.1) is 0 Å². The molecule has 5 heteroatoms. The maximum atomic E-state index is 6.45. The molecule has 2 aliphatic heterocycles. The molecule has 0 aromatic rings. The van der Waals surface area contributed by atoms with Crippen LogP contribution in [0.1, 0.15) is 6.42 Å². The molecule has 0 bridgehead atoms. The summed E-state index contributed by atoms with van der Waals surface area (Å²) in [5.74, 6) is 0. The molecule has 0 radical (unpaired) electrons. The van der Waals surface area contributed by atoms with E-state index in [4.69, 9.17) is 20.9 Å². The Morgan fingerprint density at radius 1 is 1.29 bits per heavy atom. The molecule has 3 rings (SSSR count). The molecule has 2 heterocycles. The third-order valence-electron chi connectivity index (χ3n) is 3.47. The van der Waals surface area contributed by atoms with E-state index in [2.05, 4.69) is 4.90 Å². The van der Waals surface area contributed by atoms with Crippen LogP contribution in [0.2, 0.25) is 0 Å². The smallest absolute Gasteiger partial charge is 0.0937 e. The van der Waals surface area contributed by atoms with Gasteiger partial charge in [-0.05, 0) is 12.2 Å². The Morgan fingerprint density at radius 3 is 2.29 bits per heavy atom. The molecule has 3 unspecified atom stereocenters. The minimum atomic E-state index is -0.444. The summed E-state index contributed by atoms with van der Waals surface area (Å²) in [5, 5.41) is 0. The highest BCUT2D eigenvalue weighted by Gasteiger charge is 2.39. The van der Waals surface area contributed by atoms with Crippen molar-refractivity contribution < 1.29 is 9.47 Å². The van der Waals surface area contributed by atoms with E-state index in [1.54, 1.807) is 0 Å². The third kappa shape index (κ3) is 2.69. The number of nitrogens with zero attached hydrogens (tertiary/aromatic N) is 1. The maximum absolute atomic E-state index is 6.45. The molecule has 0 spiro atoms. The van der Waals surface area contributed by atoms with Gasteiger partial charge in [0.2, 0.25) is 0 Å². The zero-order chi connectivity index (χ0) is 11.9. The summed E-state index contributed by atoms with van der Waals surface area (Å²) in [7, 11) is 0. The first-order valence-electron chi connectivity index (χ1n) is 6.08. The van der Waals surface area contributed by atoms with E-state index in [9.17, 15) is 0 Å². The molecular formula is C12H19N3O2. The highest BCUT2D eigenvalue weighted by atomic mass is 16.6. The molecule has 3 atom stereocenters. The van der Waals surface area contributed by atoms with Crippen LogP contribution in [0.4, 0.5) is 0 Å². The minimum Gasteiger partial charge on any atom is -0.399 e. The van der Waals surface area contributed by atoms with Gasteiger partial charge in [0.25, 0.3) is 0 Å². The van der Waals surface area contributed by atoms with E-state index in [0.29, 0.717) is 12.2 Å². The maximum Gasteiger partial charge on any atom is 0.0937 e. The number of hydrogen-bond donors (Lipinski definition) is 2. The zero-order valence-corrected chi connectivity index (χ0v) is 9.84.